The number of aromatic nitrogens is 2. The van der Waals surface area contributed by atoms with Gasteiger partial charge in [0.05, 0.1) is 35.3 Å². The lowest BCUT2D eigenvalue weighted by molar-refractivity contribution is 0.0114. The summed E-state index contributed by atoms with van der Waals surface area (Å²) in [5, 5.41) is 12.6. The quantitative estimate of drug-likeness (QED) is 0.587. The van der Waals surface area contributed by atoms with Crippen LogP contribution in [-0.2, 0) is 11.3 Å². The molecule has 0 aliphatic carbocycles. The van der Waals surface area contributed by atoms with E-state index in [0.29, 0.717) is 25.2 Å². The van der Waals surface area contributed by atoms with E-state index in [9.17, 15) is 4.79 Å². The number of nitriles is 1. The average Bonchev–Trinajstić information content (AvgIpc) is 3.14. The first-order valence-electron chi connectivity index (χ1n) is 11.5. The molecule has 0 radical (unpaired) electrons. The molecule has 1 atom stereocenters. The van der Waals surface area contributed by atoms with E-state index >= 15 is 0 Å². The fourth-order valence-electron chi connectivity index (χ4n) is 4.22. The Labute approximate surface area is 195 Å². The third-order valence-electron chi connectivity index (χ3n) is 5.83. The summed E-state index contributed by atoms with van der Waals surface area (Å²) in [6, 6.07) is 17.9. The van der Waals surface area contributed by atoms with Crippen molar-refractivity contribution in [2.24, 2.45) is 0 Å². The van der Waals surface area contributed by atoms with Gasteiger partial charge in [-0.1, -0.05) is 24.3 Å². The Kier molecular flexibility index (Phi) is 6.55. The molecule has 7 heteroatoms. The minimum Gasteiger partial charge on any atom is -0.444 e. The fourth-order valence-corrected chi connectivity index (χ4v) is 4.22. The first-order chi connectivity index (χ1) is 15.8. The van der Waals surface area contributed by atoms with Crippen molar-refractivity contribution in [1.82, 2.24) is 14.5 Å². The van der Waals surface area contributed by atoms with Crippen molar-refractivity contribution in [2.45, 2.75) is 58.2 Å². The van der Waals surface area contributed by atoms with E-state index in [2.05, 4.69) is 22.0 Å². The van der Waals surface area contributed by atoms with Crippen LogP contribution in [0.1, 0.15) is 51.2 Å². The normalized spacial score (nSPS) is 16.4. The average molecular weight is 446 g/mol. The van der Waals surface area contributed by atoms with Gasteiger partial charge in [-0.15, -0.1) is 0 Å². The summed E-state index contributed by atoms with van der Waals surface area (Å²) >= 11 is 0. The molecule has 1 amide bonds. The molecule has 172 valence electrons. The van der Waals surface area contributed by atoms with Gasteiger partial charge < -0.3 is 19.5 Å². The van der Waals surface area contributed by atoms with Crippen LogP contribution in [0.4, 0.5) is 10.7 Å². The Morgan fingerprint density at radius 3 is 2.67 bits per heavy atom. The van der Waals surface area contributed by atoms with Gasteiger partial charge in [0.15, 0.2) is 0 Å². The lowest BCUT2D eigenvalue weighted by Gasteiger charge is -2.36. The molecule has 3 aromatic rings. The van der Waals surface area contributed by atoms with Gasteiger partial charge in [-0.25, -0.2) is 9.78 Å². The molecule has 4 rings (SSSR count). The van der Waals surface area contributed by atoms with Crippen LogP contribution in [0.5, 0.6) is 0 Å². The summed E-state index contributed by atoms with van der Waals surface area (Å²) in [6.07, 6.45) is 2.77. The summed E-state index contributed by atoms with van der Waals surface area (Å²) in [6.45, 7) is 7.64. The lowest BCUT2D eigenvalue weighted by Crippen LogP contribution is -2.49. The number of benzene rings is 2. The van der Waals surface area contributed by atoms with E-state index in [1.54, 1.807) is 0 Å². The number of piperidine rings is 1. The number of nitrogens with one attached hydrogen (secondary N) is 1. The summed E-state index contributed by atoms with van der Waals surface area (Å²) < 4.78 is 7.79. The first-order valence-corrected chi connectivity index (χ1v) is 11.5. The number of ether oxygens (including phenoxy) is 1. The van der Waals surface area contributed by atoms with Crippen LogP contribution in [0.3, 0.4) is 0 Å². The van der Waals surface area contributed by atoms with Crippen molar-refractivity contribution in [3.05, 3.63) is 59.7 Å². The monoisotopic (exact) mass is 445 g/mol. The van der Waals surface area contributed by atoms with E-state index in [-0.39, 0.29) is 12.1 Å². The van der Waals surface area contributed by atoms with Gasteiger partial charge >= 0.3 is 6.09 Å². The molecule has 1 aliphatic heterocycles. The molecular formula is C26H31N5O2. The van der Waals surface area contributed by atoms with Gasteiger partial charge in [-0.3, -0.25) is 0 Å². The predicted octanol–water partition coefficient (Wildman–Crippen LogP) is 5.16. The predicted molar refractivity (Wildman–Crippen MR) is 129 cm³/mol. The molecule has 33 heavy (non-hydrogen) atoms. The van der Waals surface area contributed by atoms with E-state index in [1.165, 1.54) is 0 Å². The van der Waals surface area contributed by atoms with Gasteiger partial charge in [0.25, 0.3) is 0 Å². The molecule has 0 spiro atoms. The zero-order valence-electron chi connectivity index (χ0n) is 19.5. The molecule has 1 saturated heterocycles. The molecule has 2 heterocycles. The highest BCUT2D eigenvalue weighted by molar-refractivity contribution is 5.78. The zero-order valence-corrected chi connectivity index (χ0v) is 19.5. The largest absolute Gasteiger partial charge is 0.444 e. The maximum Gasteiger partial charge on any atom is 0.410 e. The van der Waals surface area contributed by atoms with Gasteiger partial charge in [0.1, 0.15) is 5.60 Å². The summed E-state index contributed by atoms with van der Waals surface area (Å²) in [5.74, 6) is 0.773. The Bertz CT molecular complexity index is 1150. The van der Waals surface area contributed by atoms with E-state index in [4.69, 9.17) is 15.0 Å². The number of likely N-dealkylation sites (tertiary alicyclic amines) is 1. The first kappa shape index (κ1) is 22.7. The number of nitrogens with zero attached hydrogens (tertiary/aromatic N) is 4. The van der Waals surface area contributed by atoms with Crippen molar-refractivity contribution in [3.63, 3.8) is 0 Å². The molecule has 1 aliphatic rings. The summed E-state index contributed by atoms with van der Waals surface area (Å²) in [5.41, 5.74) is 3.18. The van der Waals surface area contributed by atoms with Crippen LogP contribution in [-0.4, -0.2) is 45.3 Å². The van der Waals surface area contributed by atoms with E-state index in [0.717, 1.165) is 41.8 Å². The molecule has 1 aromatic heterocycles. The topological polar surface area (TPSA) is 83.2 Å². The van der Waals surface area contributed by atoms with Gasteiger partial charge in [0, 0.05) is 13.1 Å². The number of imidazole rings is 1. The van der Waals surface area contributed by atoms with Crippen molar-refractivity contribution in [2.75, 3.05) is 18.4 Å². The number of carbonyl (C=O) groups is 1. The molecule has 1 N–H and O–H groups in total. The Morgan fingerprint density at radius 1 is 1.18 bits per heavy atom. The number of carbonyl (C=O) groups excluding carboxylic acids is 1. The minimum absolute atomic E-state index is 0.0526. The van der Waals surface area contributed by atoms with Crippen LogP contribution in [0.2, 0.25) is 0 Å². The summed E-state index contributed by atoms with van der Waals surface area (Å²) in [4.78, 5) is 19.4. The van der Waals surface area contributed by atoms with E-state index < -0.39 is 5.60 Å². The second-order valence-corrected chi connectivity index (χ2v) is 9.52. The maximum absolute atomic E-state index is 12.8. The molecule has 7 nitrogen and oxygen atoms in total. The third kappa shape index (κ3) is 5.46. The smallest absolute Gasteiger partial charge is 0.410 e. The fraction of sp³-hybridized carbons (Fsp3) is 0.423. The number of hydrogen-bond acceptors (Lipinski definition) is 5. The highest BCUT2D eigenvalue weighted by atomic mass is 16.6. The number of fused-ring (bicyclic) bond motifs is 1. The van der Waals surface area contributed by atoms with Gasteiger partial charge in [0.2, 0.25) is 5.95 Å². The molecule has 0 bridgehead atoms. The molecule has 2 aromatic carbocycles. The Morgan fingerprint density at radius 2 is 1.94 bits per heavy atom. The van der Waals surface area contributed by atoms with Crippen LogP contribution < -0.4 is 5.32 Å². The Balaban J connectivity index is 1.54. The molecule has 0 unspecified atom stereocenters. The van der Waals surface area contributed by atoms with E-state index in [1.807, 2.05) is 68.1 Å². The number of rotatable bonds is 5. The minimum atomic E-state index is -0.512. The number of anilines is 1. The molecular weight excluding hydrogens is 414 g/mol. The van der Waals surface area contributed by atoms with Crippen LogP contribution in [0.15, 0.2) is 48.5 Å². The van der Waals surface area contributed by atoms with Gasteiger partial charge in [-0.05, 0) is 69.9 Å². The SMILES string of the molecule is CC(C)(C)OC(=O)N1CCCC[C@H]1CNc1nc2ccccc2n1Cc1ccc(C#N)cc1. The number of para-hydroxylation sites is 2. The zero-order chi connectivity index (χ0) is 23.4. The maximum atomic E-state index is 12.8. The number of amides is 1. The van der Waals surface area contributed by atoms with Crippen molar-refractivity contribution in [3.8, 4) is 6.07 Å². The highest BCUT2D eigenvalue weighted by Crippen LogP contribution is 2.24. The molecule has 0 saturated carbocycles. The van der Waals surface area contributed by atoms with Crippen molar-refractivity contribution in [1.29, 1.82) is 5.26 Å². The van der Waals surface area contributed by atoms with Gasteiger partial charge in [-0.2, -0.15) is 5.26 Å². The van der Waals surface area contributed by atoms with Crippen molar-refractivity contribution < 1.29 is 9.53 Å². The van der Waals surface area contributed by atoms with Crippen LogP contribution in [0, 0.1) is 11.3 Å². The summed E-state index contributed by atoms with van der Waals surface area (Å²) in [7, 11) is 0. The highest BCUT2D eigenvalue weighted by Gasteiger charge is 2.30. The number of hydrogen-bond donors (Lipinski definition) is 1. The third-order valence-corrected chi connectivity index (χ3v) is 5.83. The Hall–Kier alpha value is -3.53. The van der Waals surface area contributed by atoms with Crippen molar-refractivity contribution >= 4 is 23.1 Å². The van der Waals surface area contributed by atoms with Crippen LogP contribution >= 0.6 is 0 Å². The van der Waals surface area contributed by atoms with Crippen LogP contribution in [0.25, 0.3) is 11.0 Å². The lowest BCUT2D eigenvalue weighted by atomic mass is 10.0. The molecule has 1 fully saturated rings. The second-order valence-electron chi connectivity index (χ2n) is 9.52. The standard InChI is InChI=1S/C26H31N5O2/c1-26(2,3)33-25(32)30-15-7-6-8-21(30)17-28-24-29-22-9-4-5-10-23(22)31(24)18-20-13-11-19(16-27)12-14-20/h4-5,9-14,21H,6-8,15,17-18H2,1-3H3,(H,28,29)/t21-/m0/s1. The second kappa shape index (κ2) is 9.53.